The molecule has 1 aromatic carbocycles. The number of nitrogens with zero attached hydrogens (tertiary/aromatic N) is 4. The number of likely N-dealkylation sites (N-methyl/N-ethyl adjacent to an activating group) is 1. The Balaban J connectivity index is 1.64. The van der Waals surface area contributed by atoms with Crippen molar-refractivity contribution < 1.29 is 28.3 Å². The van der Waals surface area contributed by atoms with E-state index in [1.165, 1.54) is 4.90 Å². The lowest BCUT2D eigenvalue weighted by atomic mass is 10.0. The fourth-order valence-electron chi connectivity index (χ4n) is 4.80. The summed E-state index contributed by atoms with van der Waals surface area (Å²) in [5.41, 5.74) is 2.79. The Hall–Kier alpha value is -3.77. The lowest BCUT2D eigenvalue weighted by Crippen LogP contribution is -2.51. The van der Waals surface area contributed by atoms with Gasteiger partial charge >= 0.3 is 6.09 Å². The second kappa shape index (κ2) is 13.0. The molecule has 12 heteroatoms. The summed E-state index contributed by atoms with van der Waals surface area (Å²) in [5, 5.41) is 20.3. The van der Waals surface area contributed by atoms with E-state index in [-0.39, 0.29) is 13.2 Å². The summed E-state index contributed by atoms with van der Waals surface area (Å²) in [6.07, 6.45) is -2.15. The fourth-order valence-corrected chi connectivity index (χ4v) is 4.80. The molecule has 0 spiro atoms. The van der Waals surface area contributed by atoms with E-state index in [4.69, 9.17) is 24.0 Å². The first-order valence-corrected chi connectivity index (χ1v) is 14.1. The minimum atomic E-state index is -1.34. The topological polar surface area (TPSA) is 135 Å². The van der Waals surface area contributed by atoms with Gasteiger partial charge in [-0.25, -0.2) is 19.2 Å². The Bertz CT molecular complexity index is 1370. The Morgan fingerprint density at radius 2 is 2.02 bits per heavy atom. The van der Waals surface area contributed by atoms with Crippen LogP contribution in [0.5, 0.6) is 5.75 Å². The van der Waals surface area contributed by atoms with Crippen molar-refractivity contribution in [2.24, 2.45) is 0 Å². The summed E-state index contributed by atoms with van der Waals surface area (Å²) in [5.74, 6) is 2.04. The van der Waals surface area contributed by atoms with Gasteiger partial charge in [-0.3, -0.25) is 0 Å². The molecule has 0 radical (unpaired) electrons. The Morgan fingerprint density at radius 3 is 2.67 bits per heavy atom. The van der Waals surface area contributed by atoms with Crippen LogP contribution in [0.15, 0.2) is 28.8 Å². The van der Waals surface area contributed by atoms with E-state index in [1.807, 2.05) is 32.9 Å². The van der Waals surface area contributed by atoms with Gasteiger partial charge in [0.25, 0.3) is 0 Å². The molecule has 3 atom stereocenters. The number of rotatable bonds is 9. The molecule has 0 bridgehead atoms. The second-order valence-corrected chi connectivity index (χ2v) is 11.6. The summed E-state index contributed by atoms with van der Waals surface area (Å²) >= 11 is 0. The molecule has 3 aromatic rings. The van der Waals surface area contributed by atoms with Crippen LogP contribution in [0.1, 0.15) is 44.2 Å². The SMILES string of the molecule is CNCC(O)COc1cccc(-c2nc(NC3CCN(C(=O)OC(C)(C)C)C[C@H]3F)c(C)c(-c3c(C)noc3C)n2)c1. The Kier molecular flexibility index (Phi) is 9.67. The van der Waals surface area contributed by atoms with Crippen molar-refractivity contribution in [3.8, 4) is 28.4 Å². The van der Waals surface area contributed by atoms with Crippen LogP contribution >= 0.6 is 0 Å². The van der Waals surface area contributed by atoms with Crippen molar-refractivity contribution in [3.05, 3.63) is 41.3 Å². The first-order valence-electron chi connectivity index (χ1n) is 14.1. The smallest absolute Gasteiger partial charge is 0.410 e. The number of piperidine rings is 1. The van der Waals surface area contributed by atoms with Crippen LogP contribution in [0, 0.1) is 20.8 Å². The van der Waals surface area contributed by atoms with Crippen molar-refractivity contribution in [1.82, 2.24) is 25.3 Å². The number of ether oxygens (including phenoxy) is 2. The molecule has 3 heterocycles. The van der Waals surface area contributed by atoms with E-state index in [2.05, 4.69) is 15.8 Å². The van der Waals surface area contributed by atoms with Crippen LogP contribution in [0.2, 0.25) is 0 Å². The number of likely N-dealkylation sites (tertiary alicyclic amines) is 1. The maximum absolute atomic E-state index is 15.5. The molecule has 4 rings (SSSR count). The summed E-state index contributed by atoms with van der Waals surface area (Å²) in [4.78, 5) is 23.6. The predicted molar refractivity (Wildman–Crippen MR) is 157 cm³/mol. The number of aryl methyl sites for hydroxylation is 2. The number of carbonyl (C=O) groups is 1. The van der Waals surface area contributed by atoms with E-state index >= 15 is 4.39 Å². The summed E-state index contributed by atoms with van der Waals surface area (Å²) < 4.78 is 32.1. The molecule has 228 valence electrons. The molecule has 1 amide bonds. The number of alkyl halides is 1. The lowest BCUT2D eigenvalue weighted by molar-refractivity contribution is 0.0125. The lowest BCUT2D eigenvalue weighted by Gasteiger charge is -2.36. The second-order valence-electron chi connectivity index (χ2n) is 11.6. The van der Waals surface area contributed by atoms with Gasteiger partial charge in [0.15, 0.2) is 5.82 Å². The molecule has 3 N–H and O–H groups in total. The van der Waals surface area contributed by atoms with Crippen LogP contribution in [-0.2, 0) is 4.74 Å². The zero-order chi connectivity index (χ0) is 30.6. The number of benzene rings is 1. The Labute approximate surface area is 245 Å². The number of anilines is 1. The predicted octanol–water partition coefficient (Wildman–Crippen LogP) is 4.44. The van der Waals surface area contributed by atoms with Gasteiger partial charge in [-0.15, -0.1) is 0 Å². The number of aromatic nitrogens is 3. The quantitative estimate of drug-likeness (QED) is 0.331. The van der Waals surface area contributed by atoms with Gasteiger partial charge in [0.2, 0.25) is 0 Å². The minimum absolute atomic E-state index is 0.0842. The van der Waals surface area contributed by atoms with Crippen LogP contribution in [-0.4, -0.2) is 88.4 Å². The number of nitrogens with one attached hydrogen (secondary N) is 2. The number of hydrogen-bond acceptors (Lipinski definition) is 10. The standard InChI is InChI=1S/C30H41FN6O5/c1-17-26(25-18(2)36-42-19(25)3)34-28(20-9-8-10-22(13-20)40-16-21(38)14-32-7)35-27(17)33-24-11-12-37(15-23(24)31)29(39)41-30(4,5)6/h8-10,13,21,23-24,32,38H,11-12,14-16H2,1-7H3,(H,33,34,35)/t21?,23-,24?/m1/s1. The molecule has 1 saturated heterocycles. The maximum Gasteiger partial charge on any atom is 0.410 e. The van der Waals surface area contributed by atoms with Crippen LogP contribution in [0.25, 0.3) is 22.6 Å². The van der Waals surface area contributed by atoms with E-state index < -0.39 is 30.0 Å². The fraction of sp³-hybridized carbons (Fsp3) is 0.533. The average molecular weight is 585 g/mol. The zero-order valence-corrected chi connectivity index (χ0v) is 25.3. The maximum atomic E-state index is 15.5. The van der Waals surface area contributed by atoms with Crippen molar-refractivity contribution in [3.63, 3.8) is 0 Å². The number of halogens is 1. The zero-order valence-electron chi connectivity index (χ0n) is 25.3. The molecule has 2 unspecified atom stereocenters. The van der Waals surface area contributed by atoms with Gasteiger partial charge in [-0.1, -0.05) is 17.3 Å². The van der Waals surface area contributed by atoms with Gasteiger partial charge in [-0.2, -0.15) is 0 Å². The number of carbonyl (C=O) groups excluding carboxylic acids is 1. The van der Waals surface area contributed by atoms with Crippen molar-refractivity contribution in [2.75, 3.05) is 38.6 Å². The van der Waals surface area contributed by atoms with E-state index in [0.717, 1.165) is 11.1 Å². The normalized spacial score (nSPS) is 18.1. The van der Waals surface area contributed by atoms with Crippen molar-refractivity contribution >= 4 is 11.9 Å². The van der Waals surface area contributed by atoms with E-state index in [1.54, 1.807) is 40.0 Å². The molecule has 11 nitrogen and oxygen atoms in total. The highest BCUT2D eigenvalue weighted by molar-refractivity contribution is 5.75. The average Bonchev–Trinajstić information content (AvgIpc) is 3.26. The first kappa shape index (κ1) is 31.2. The van der Waals surface area contributed by atoms with Gasteiger partial charge in [0, 0.05) is 24.2 Å². The van der Waals surface area contributed by atoms with E-state index in [0.29, 0.717) is 59.6 Å². The third-order valence-electron chi connectivity index (χ3n) is 6.91. The highest BCUT2D eigenvalue weighted by atomic mass is 19.1. The molecule has 1 fully saturated rings. The van der Waals surface area contributed by atoms with Gasteiger partial charge in [-0.05, 0) is 67.1 Å². The summed E-state index contributed by atoms with van der Waals surface area (Å²) in [6.45, 7) is 11.7. The highest BCUT2D eigenvalue weighted by Gasteiger charge is 2.34. The Morgan fingerprint density at radius 1 is 1.26 bits per heavy atom. The van der Waals surface area contributed by atoms with Gasteiger partial charge < -0.3 is 34.6 Å². The number of hydrogen-bond donors (Lipinski definition) is 3. The molecule has 0 saturated carbocycles. The largest absolute Gasteiger partial charge is 0.491 e. The molecule has 2 aromatic heterocycles. The first-order chi connectivity index (χ1) is 19.9. The molecule has 1 aliphatic heterocycles. The monoisotopic (exact) mass is 584 g/mol. The number of aliphatic hydroxyl groups excluding tert-OH is 1. The van der Waals surface area contributed by atoms with E-state index in [9.17, 15) is 9.90 Å². The van der Waals surface area contributed by atoms with Crippen molar-refractivity contribution in [2.45, 2.75) is 71.9 Å². The molecular weight excluding hydrogens is 543 g/mol. The number of aliphatic hydroxyl groups is 1. The molecular formula is C30H41FN6O5. The van der Waals surface area contributed by atoms with Gasteiger partial charge in [0.1, 0.15) is 41.8 Å². The van der Waals surface area contributed by atoms with Gasteiger partial charge in [0.05, 0.1) is 29.5 Å². The third kappa shape index (κ3) is 7.54. The van der Waals surface area contributed by atoms with Crippen molar-refractivity contribution in [1.29, 1.82) is 0 Å². The highest BCUT2D eigenvalue weighted by Crippen LogP contribution is 2.34. The number of amides is 1. The minimum Gasteiger partial charge on any atom is -0.491 e. The van der Waals surface area contributed by atoms with Crippen LogP contribution in [0.3, 0.4) is 0 Å². The molecule has 1 aliphatic rings. The van der Waals surface area contributed by atoms with Crippen LogP contribution in [0.4, 0.5) is 15.0 Å². The molecule has 42 heavy (non-hydrogen) atoms. The summed E-state index contributed by atoms with van der Waals surface area (Å²) in [7, 11) is 1.76. The van der Waals surface area contributed by atoms with Crippen LogP contribution < -0.4 is 15.4 Å². The summed E-state index contributed by atoms with van der Waals surface area (Å²) in [6, 6.07) is 6.70. The molecule has 0 aliphatic carbocycles. The third-order valence-corrected chi connectivity index (χ3v) is 6.91.